The van der Waals surface area contributed by atoms with Crippen LogP contribution in [0.15, 0.2) is 29.1 Å². The number of hydrogen-bond acceptors (Lipinski definition) is 4. The second-order valence-electron chi connectivity index (χ2n) is 6.20. The molecule has 3 aromatic rings. The Morgan fingerprint density at radius 1 is 1.28 bits per heavy atom. The predicted octanol–water partition coefficient (Wildman–Crippen LogP) is 3.72. The van der Waals surface area contributed by atoms with E-state index in [1.54, 1.807) is 40.2 Å². The lowest BCUT2D eigenvalue weighted by Gasteiger charge is -2.03. The van der Waals surface area contributed by atoms with E-state index in [0.717, 1.165) is 44.0 Å². The molecule has 3 heterocycles. The normalized spacial score (nSPS) is 15.0. The van der Waals surface area contributed by atoms with E-state index in [-0.39, 0.29) is 11.1 Å². The summed E-state index contributed by atoms with van der Waals surface area (Å²) in [6, 6.07) is 6.71. The van der Waals surface area contributed by atoms with Crippen molar-refractivity contribution < 1.29 is 9.90 Å². The molecule has 1 N–H and O–H groups in total. The van der Waals surface area contributed by atoms with Crippen molar-refractivity contribution >= 4 is 39.2 Å². The molecule has 1 aromatic carbocycles. The number of hydrogen-bond donors (Lipinski definition) is 1. The molecule has 1 aliphatic rings. The van der Waals surface area contributed by atoms with Crippen molar-refractivity contribution in [3.05, 3.63) is 62.0 Å². The topological polar surface area (TPSA) is 72.2 Å². The van der Waals surface area contributed by atoms with Crippen LogP contribution < -0.4 is 5.56 Å². The summed E-state index contributed by atoms with van der Waals surface area (Å²) in [4.78, 5) is 30.4. The van der Waals surface area contributed by atoms with Gasteiger partial charge in [-0.2, -0.15) is 0 Å². The molecule has 0 amide bonds. The van der Waals surface area contributed by atoms with E-state index in [4.69, 9.17) is 10.1 Å². The zero-order valence-corrected chi connectivity index (χ0v) is 14.7. The van der Waals surface area contributed by atoms with Gasteiger partial charge in [-0.3, -0.25) is 9.36 Å². The predicted molar refractivity (Wildman–Crippen MR) is 99.2 cm³/mol. The first-order chi connectivity index (χ1) is 12.0. The number of allylic oxidation sites excluding steroid dienone is 1. The molecular formula is C19H16N2O3S. The zero-order valence-electron chi connectivity index (χ0n) is 13.9. The first kappa shape index (κ1) is 15.8. The fraction of sp³-hybridized carbons (Fsp3) is 0.211. The molecule has 0 unspecified atom stereocenters. The second-order valence-corrected chi connectivity index (χ2v) is 7.41. The molecule has 126 valence electrons. The monoisotopic (exact) mass is 352 g/mol. The number of carbonyl (C=O) groups is 1. The Morgan fingerprint density at radius 3 is 2.68 bits per heavy atom. The zero-order chi connectivity index (χ0) is 17.7. The smallest absolute Gasteiger partial charge is 0.335 e. The lowest BCUT2D eigenvalue weighted by molar-refractivity contribution is 0.0697. The Hall–Kier alpha value is -2.73. The molecule has 5 nitrogen and oxygen atoms in total. The van der Waals surface area contributed by atoms with Gasteiger partial charge in [0.25, 0.3) is 5.56 Å². The average molecular weight is 352 g/mol. The van der Waals surface area contributed by atoms with E-state index >= 15 is 0 Å². The molecule has 1 aliphatic heterocycles. The highest BCUT2D eigenvalue weighted by molar-refractivity contribution is 7.18. The highest BCUT2D eigenvalue weighted by Crippen LogP contribution is 2.31. The summed E-state index contributed by atoms with van der Waals surface area (Å²) in [5.74, 6) is -0.217. The Labute approximate surface area is 147 Å². The van der Waals surface area contributed by atoms with Crippen molar-refractivity contribution in [2.45, 2.75) is 26.8 Å². The van der Waals surface area contributed by atoms with Crippen LogP contribution in [0.5, 0.6) is 0 Å². The number of aryl methyl sites for hydroxylation is 2. The molecule has 6 heteroatoms. The summed E-state index contributed by atoms with van der Waals surface area (Å²) < 4.78 is 1.75. The van der Waals surface area contributed by atoms with Crippen LogP contribution in [0.4, 0.5) is 0 Å². The van der Waals surface area contributed by atoms with Gasteiger partial charge in [-0.05, 0) is 55.2 Å². The van der Waals surface area contributed by atoms with E-state index < -0.39 is 5.97 Å². The number of thiophene rings is 1. The van der Waals surface area contributed by atoms with Crippen LogP contribution in [0, 0.1) is 13.8 Å². The minimum absolute atomic E-state index is 0.0338. The van der Waals surface area contributed by atoms with Gasteiger partial charge in [0, 0.05) is 11.4 Å². The maximum Gasteiger partial charge on any atom is 0.335 e. The number of fused-ring (bicyclic) bond motifs is 2. The molecular weight excluding hydrogens is 336 g/mol. The lowest BCUT2D eigenvalue weighted by atomic mass is 10.1. The molecule has 0 bridgehead atoms. The van der Waals surface area contributed by atoms with Crippen molar-refractivity contribution in [3.8, 4) is 0 Å². The number of carboxylic acid groups (broad SMARTS) is 1. The average Bonchev–Trinajstić information content (AvgIpc) is 3.10. The molecule has 0 aliphatic carbocycles. The quantitative estimate of drug-likeness (QED) is 0.763. The van der Waals surface area contributed by atoms with Crippen molar-refractivity contribution in [1.82, 2.24) is 9.55 Å². The molecule has 0 saturated carbocycles. The Bertz CT molecular complexity index is 1100. The van der Waals surface area contributed by atoms with Crippen molar-refractivity contribution in [1.29, 1.82) is 0 Å². The van der Waals surface area contributed by atoms with Crippen LogP contribution in [-0.4, -0.2) is 20.6 Å². The summed E-state index contributed by atoms with van der Waals surface area (Å²) in [6.07, 6.45) is 2.73. The molecule has 0 spiro atoms. The molecule has 4 rings (SSSR count). The Kier molecular flexibility index (Phi) is 3.58. The van der Waals surface area contributed by atoms with Crippen molar-refractivity contribution in [3.63, 3.8) is 0 Å². The second kappa shape index (κ2) is 5.67. The summed E-state index contributed by atoms with van der Waals surface area (Å²) in [6.45, 7) is 4.61. The summed E-state index contributed by atoms with van der Waals surface area (Å²) in [5, 5.41) is 9.72. The number of nitrogens with zero attached hydrogens (tertiary/aromatic N) is 2. The Morgan fingerprint density at radius 2 is 2.00 bits per heavy atom. The Balaban J connectivity index is 1.82. The van der Waals surface area contributed by atoms with Crippen molar-refractivity contribution in [2.75, 3.05) is 0 Å². The van der Waals surface area contributed by atoms with Crippen molar-refractivity contribution in [2.24, 2.45) is 0 Å². The highest BCUT2D eigenvalue weighted by Gasteiger charge is 2.23. The minimum atomic E-state index is -0.940. The number of aromatic nitrogens is 2. The van der Waals surface area contributed by atoms with Crippen LogP contribution in [0.1, 0.15) is 38.6 Å². The molecule has 0 atom stereocenters. The molecule has 0 saturated heterocycles. The lowest BCUT2D eigenvalue weighted by Crippen LogP contribution is -2.20. The van der Waals surface area contributed by atoms with Gasteiger partial charge < -0.3 is 5.11 Å². The van der Waals surface area contributed by atoms with E-state index in [9.17, 15) is 9.59 Å². The third kappa shape index (κ3) is 2.49. The van der Waals surface area contributed by atoms with E-state index in [0.29, 0.717) is 6.54 Å². The third-order valence-electron chi connectivity index (χ3n) is 4.68. The van der Waals surface area contributed by atoms with Gasteiger partial charge in [-0.1, -0.05) is 12.1 Å². The van der Waals surface area contributed by atoms with E-state index in [1.165, 1.54) is 0 Å². The van der Waals surface area contributed by atoms with Gasteiger partial charge in [-0.15, -0.1) is 11.3 Å². The molecule has 0 fully saturated rings. The maximum absolute atomic E-state index is 12.8. The van der Waals surface area contributed by atoms with Gasteiger partial charge in [0.05, 0.1) is 10.9 Å². The standard InChI is InChI=1S/C19H16N2O3S/c1-10-11(2)25-17-15(10)18(22)21-8-7-14(16(21)20-17)9-12-3-5-13(6-4-12)19(23)24/h3-6,9H,7-8H2,1-2H3,(H,23,24). The van der Waals surface area contributed by atoms with Crippen LogP contribution in [-0.2, 0) is 6.54 Å². The van der Waals surface area contributed by atoms with Gasteiger partial charge in [0.15, 0.2) is 0 Å². The van der Waals surface area contributed by atoms with Gasteiger partial charge in [0.2, 0.25) is 0 Å². The number of benzene rings is 1. The van der Waals surface area contributed by atoms with E-state index in [1.807, 2.05) is 19.9 Å². The van der Waals surface area contributed by atoms with Gasteiger partial charge in [0.1, 0.15) is 10.7 Å². The number of carboxylic acids is 1. The first-order valence-electron chi connectivity index (χ1n) is 8.00. The summed E-state index contributed by atoms with van der Waals surface area (Å²) in [7, 11) is 0. The summed E-state index contributed by atoms with van der Waals surface area (Å²) >= 11 is 1.56. The maximum atomic E-state index is 12.8. The number of rotatable bonds is 2. The van der Waals surface area contributed by atoms with Gasteiger partial charge in [-0.25, -0.2) is 9.78 Å². The van der Waals surface area contributed by atoms with Gasteiger partial charge >= 0.3 is 5.97 Å². The fourth-order valence-corrected chi connectivity index (χ4v) is 4.20. The first-order valence-corrected chi connectivity index (χ1v) is 8.82. The highest BCUT2D eigenvalue weighted by atomic mass is 32.1. The molecule has 0 radical (unpaired) electrons. The van der Waals surface area contributed by atoms with Crippen LogP contribution in [0.25, 0.3) is 21.9 Å². The number of aromatic carboxylic acids is 1. The minimum Gasteiger partial charge on any atom is -0.478 e. The largest absolute Gasteiger partial charge is 0.478 e. The third-order valence-corrected chi connectivity index (χ3v) is 5.78. The van der Waals surface area contributed by atoms with E-state index in [2.05, 4.69) is 0 Å². The molecule has 25 heavy (non-hydrogen) atoms. The van der Waals surface area contributed by atoms with Crippen LogP contribution in [0.3, 0.4) is 0 Å². The summed E-state index contributed by atoms with van der Waals surface area (Å²) in [5.41, 5.74) is 3.22. The van der Waals surface area contributed by atoms with Crippen LogP contribution >= 0.6 is 11.3 Å². The van der Waals surface area contributed by atoms with Crippen LogP contribution in [0.2, 0.25) is 0 Å². The molecule has 2 aromatic heterocycles. The SMILES string of the molecule is Cc1sc2nc3n(c(=O)c2c1C)CCC3=Cc1ccc(C(=O)O)cc1. The fourth-order valence-electron chi connectivity index (χ4n) is 3.18.